The Labute approximate surface area is 151 Å². The van der Waals surface area contributed by atoms with Gasteiger partial charge in [0.25, 0.3) is 5.69 Å². The molecule has 2 rings (SSSR count). The van der Waals surface area contributed by atoms with E-state index in [2.05, 4.69) is 5.32 Å². The van der Waals surface area contributed by atoms with E-state index in [0.717, 1.165) is 0 Å². The first kappa shape index (κ1) is 19.9. The molecular weight excluding hydrogens is 359 g/mol. The third-order valence-corrected chi connectivity index (χ3v) is 5.82. The highest BCUT2D eigenvalue weighted by atomic mass is 31.2. The van der Waals surface area contributed by atoms with E-state index in [4.69, 9.17) is 9.05 Å². The number of nitrogens with zero attached hydrogens (tertiary/aromatic N) is 1. The molecule has 0 heterocycles. The Bertz CT molecular complexity index is 769. The van der Waals surface area contributed by atoms with E-state index >= 15 is 0 Å². The van der Waals surface area contributed by atoms with Crippen molar-refractivity contribution in [2.45, 2.75) is 19.6 Å². The standard InChI is InChI=1S/C17H21N2O6P/c1-3-24-26(23,25-4-2)17(13-5-11-16(20)12-6-13)18-14-7-9-15(10-8-14)19(21)22/h5-12,17-18,20H,3-4H2,1-2H3. The maximum Gasteiger partial charge on any atom is 0.357 e. The minimum atomic E-state index is -3.59. The van der Waals surface area contributed by atoms with Crippen molar-refractivity contribution in [1.29, 1.82) is 0 Å². The van der Waals surface area contributed by atoms with Crippen molar-refractivity contribution < 1.29 is 23.6 Å². The van der Waals surface area contributed by atoms with Gasteiger partial charge in [-0.15, -0.1) is 0 Å². The molecule has 0 bridgehead atoms. The molecule has 0 radical (unpaired) electrons. The SMILES string of the molecule is CCOP(=O)(OCC)C(Nc1ccc([N+](=O)[O-])cc1)c1ccc(O)cc1. The minimum Gasteiger partial charge on any atom is -0.508 e. The summed E-state index contributed by atoms with van der Waals surface area (Å²) in [6.45, 7) is 3.80. The van der Waals surface area contributed by atoms with Gasteiger partial charge in [-0.25, -0.2) is 0 Å². The predicted octanol–water partition coefficient (Wildman–Crippen LogP) is 4.68. The summed E-state index contributed by atoms with van der Waals surface area (Å²) >= 11 is 0. The lowest BCUT2D eigenvalue weighted by atomic mass is 10.2. The molecule has 2 aromatic carbocycles. The molecule has 0 aliphatic heterocycles. The van der Waals surface area contributed by atoms with Crippen molar-refractivity contribution in [2.75, 3.05) is 18.5 Å². The van der Waals surface area contributed by atoms with E-state index in [9.17, 15) is 19.8 Å². The Balaban J connectivity index is 2.40. The Morgan fingerprint density at radius 1 is 1.08 bits per heavy atom. The van der Waals surface area contributed by atoms with Crippen LogP contribution in [0, 0.1) is 10.1 Å². The smallest absolute Gasteiger partial charge is 0.357 e. The van der Waals surface area contributed by atoms with Gasteiger partial charge in [-0.05, 0) is 43.7 Å². The number of nitro groups is 1. The normalized spacial score (nSPS) is 12.5. The van der Waals surface area contributed by atoms with E-state index in [1.807, 2.05) is 0 Å². The van der Waals surface area contributed by atoms with Gasteiger partial charge in [0.05, 0.1) is 18.1 Å². The quantitative estimate of drug-likeness (QED) is 0.369. The number of non-ortho nitro benzene ring substituents is 1. The number of hydrogen-bond acceptors (Lipinski definition) is 7. The van der Waals surface area contributed by atoms with Gasteiger partial charge in [0.1, 0.15) is 5.75 Å². The third-order valence-electron chi connectivity index (χ3n) is 3.52. The molecule has 2 N–H and O–H groups in total. The topological polar surface area (TPSA) is 111 Å². The number of aromatic hydroxyl groups is 1. The molecule has 0 spiro atoms. The van der Waals surface area contributed by atoms with Gasteiger partial charge in [0.2, 0.25) is 0 Å². The second-order valence-electron chi connectivity index (χ2n) is 5.32. The van der Waals surface area contributed by atoms with Crippen molar-refractivity contribution in [3.05, 3.63) is 64.2 Å². The van der Waals surface area contributed by atoms with Crippen molar-refractivity contribution in [3.63, 3.8) is 0 Å². The number of nitrogens with one attached hydrogen (secondary N) is 1. The van der Waals surface area contributed by atoms with Gasteiger partial charge in [-0.3, -0.25) is 14.7 Å². The van der Waals surface area contributed by atoms with Crippen LogP contribution >= 0.6 is 7.60 Å². The molecule has 9 heteroatoms. The lowest BCUT2D eigenvalue weighted by Gasteiger charge is -2.28. The average Bonchev–Trinajstić information content (AvgIpc) is 2.61. The van der Waals surface area contributed by atoms with Crippen LogP contribution in [0.5, 0.6) is 5.75 Å². The van der Waals surface area contributed by atoms with E-state index in [1.165, 1.54) is 36.4 Å². The van der Waals surface area contributed by atoms with Gasteiger partial charge in [0.15, 0.2) is 5.78 Å². The average molecular weight is 380 g/mol. The highest BCUT2D eigenvalue weighted by molar-refractivity contribution is 7.54. The minimum absolute atomic E-state index is 0.0467. The molecule has 0 saturated carbocycles. The van der Waals surface area contributed by atoms with Crippen molar-refractivity contribution >= 4 is 19.0 Å². The molecular formula is C17H21N2O6P. The highest BCUT2D eigenvalue weighted by Crippen LogP contribution is 2.60. The summed E-state index contributed by atoms with van der Waals surface area (Å²) in [7, 11) is -3.59. The Hall–Kier alpha value is -2.41. The molecule has 140 valence electrons. The monoisotopic (exact) mass is 380 g/mol. The van der Waals surface area contributed by atoms with Crippen molar-refractivity contribution in [3.8, 4) is 5.75 Å². The fraction of sp³-hybridized carbons (Fsp3) is 0.294. The summed E-state index contributed by atoms with van der Waals surface area (Å²) in [5, 5.41) is 23.4. The first-order valence-electron chi connectivity index (χ1n) is 8.08. The van der Waals surface area contributed by atoms with Crippen molar-refractivity contribution in [2.24, 2.45) is 0 Å². The fourth-order valence-corrected chi connectivity index (χ4v) is 4.32. The largest absolute Gasteiger partial charge is 0.508 e. The first-order chi connectivity index (χ1) is 12.4. The molecule has 1 atom stereocenters. The number of anilines is 1. The lowest BCUT2D eigenvalue weighted by Crippen LogP contribution is -2.15. The van der Waals surface area contributed by atoms with Gasteiger partial charge in [-0.1, -0.05) is 12.1 Å². The molecule has 0 aromatic heterocycles. The molecule has 26 heavy (non-hydrogen) atoms. The van der Waals surface area contributed by atoms with Crippen LogP contribution in [0.3, 0.4) is 0 Å². The maximum atomic E-state index is 13.3. The molecule has 0 saturated heterocycles. The van der Waals surface area contributed by atoms with Gasteiger partial charge < -0.3 is 19.5 Å². The molecule has 0 aliphatic carbocycles. The zero-order valence-electron chi connectivity index (χ0n) is 14.5. The van der Waals surface area contributed by atoms with E-state index < -0.39 is 18.3 Å². The molecule has 2 aromatic rings. The van der Waals surface area contributed by atoms with Crippen LogP contribution < -0.4 is 5.32 Å². The lowest BCUT2D eigenvalue weighted by molar-refractivity contribution is -0.384. The highest BCUT2D eigenvalue weighted by Gasteiger charge is 2.37. The van der Waals surface area contributed by atoms with E-state index in [-0.39, 0.29) is 24.7 Å². The second-order valence-corrected chi connectivity index (χ2v) is 7.43. The number of benzene rings is 2. The van der Waals surface area contributed by atoms with E-state index in [0.29, 0.717) is 11.3 Å². The van der Waals surface area contributed by atoms with E-state index in [1.54, 1.807) is 26.0 Å². The number of hydrogen-bond donors (Lipinski definition) is 2. The Morgan fingerprint density at radius 3 is 2.08 bits per heavy atom. The van der Waals surface area contributed by atoms with Gasteiger partial charge in [0, 0.05) is 17.8 Å². The number of rotatable bonds is 9. The van der Waals surface area contributed by atoms with Gasteiger partial charge in [-0.2, -0.15) is 0 Å². The van der Waals surface area contributed by atoms with Crippen LogP contribution in [0.25, 0.3) is 0 Å². The zero-order valence-corrected chi connectivity index (χ0v) is 15.4. The number of nitro benzene ring substituents is 1. The molecule has 0 amide bonds. The van der Waals surface area contributed by atoms with Crippen LogP contribution in [0.1, 0.15) is 25.2 Å². The van der Waals surface area contributed by atoms with Crippen LogP contribution in [0.4, 0.5) is 11.4 Å². The third kappa shape index (κ3) is 4.82. The number of phenols is 1. The summed E-state index contributed by atoms with van der Waals surface area (Å²) < 4.78 is 24.2. The molecule has 1 unspecified atom stereocenters. The molecule has 8 nitrogen and oxygen atoms in total. The summed E-state index contributed by atoms with van der Waals surface area (Å²) in [5.41, 5.74) is 1.06. The maximum absolute atomic E-state index is 13.3. The predicted molar refractivity (Wildman–Crippen MR) is 98.4 cm³/mol. The van der Waals surface area contributed by atoms with Crippen LogP contribution in [-0.2, 0) is 13.6 Å². The van der Waals surface area contributed by atoms with Crippen LogP contribution in [-0.4, -0.2) is 23.2 Å². The first-order valence-corrected chi connectivity index (χ1v) is 9.69. The summed E-state index contributed by atoms with van der Waals surface area (Å²) in [6, 6.07) is 11.9. The van der Waals surface area contributed by atoms with Gasteiger partial charge >= 0.3 is 7.60 Å². The zero-order chi connectivity index (χ0) is 19.2. The Kier molecular flexibility index (Phi) is 6.74. The summed E-state index contributed by atoms with van der Waals surface area (Å²) in [4.78, 5) is 10.3. The summed E-state index contributed by atoms with van der Waals surface area (Å²) in [6.07, 6.45) is 0. The van der Waals surface area contributed by atoms with Crippen LogP contribution in [0.2, 0.25) is 0 Å². The molecule has 0 fully saturated rings. The Morgan fingerprint density at radius 2 is 1.62 bits per heavy atom. The second kappa shape index (κ2) is 8.80. The number of phenolic OH excluding ortho intramolecular Hbond substituents is 1. The molecule has 0 aliphatic rings. The van der Waals surface area contributed by atoms with Crippen molar-refractivity contribution in [1.82, 2.24) is 0 Å². The fourth-order valence-electron chi connectivity index (χ4n) is 2.39. The summed E-state index contributed by atoms with van der Waals surface area (Å²) in [5.74, 6) is -0.769. The van der Waals surface area contributed by atoms with Crippen LogP contribution in [0.15, 0.2) is 48.5 Å².